The average molecular weight is 452 g/mol. The molecule has 4 rings (SSSR count). The first-order chi connectivity index (χ1) is 16.0. The topological polar surface area (TPSA) is 38.8 Å². The fourth-order valence-corrected chi connectivity index (χ4v) is 5.14. The van der Waals surface area contributed by atoms with Gasteiger partial charge in [0.05, 0.1) is 14.2 Å². The minimum Gasteiger partial charge on any atom is -0.492 e. The van der Waals surface area contributed by atoms with E-state index in [-0.39, 0.29) is 11.7 Å². The van der Waals surface area contributed by atoms with E-state index in [9.17, 15) is 4.79 Å². The van der Waals surface area contributed by atoms with Gasteiger partial charge >= 0.3 is 0 Å². The first-order valence-electron chi connectivity index (χ1n) is 12.6. The third kappa shape index (κ3) is 6.40. The van der Waals surface area contributed by atoms with Crippen LogP contribution in [0.25, 0.3) is 0 Å². The van der Waals surface area contributed by atoms with Crippen molar-refractivity contribution >= 4 is 5.78 Å². The molecule has 1 fully saturated rings. The van der Waals surface area contributed by atoms with Crippen LogP contribution in [0.1, 0.15) is 65.7 Å². The van der Waals surface area contributed by atoms with Crippen LogP contribution in [0.15, 0.2) is 63.8 Å². The molecule has 180 valence electrons. The van der Waals surface area contributed by atoms with Crippen LogP contribution in [0.3, 0.4) is 0 Å². The number of hydrogen-bond acceptors (Lipinski definition) is 4. The van der Waals surface area contributed by atoms with Gasteiger partial charge in [0.15, 0.2) is 11.5 Å². The van der Waals surface area contributed by atoms with Crippen LogP contribution in [-0.4, -0.2) is 44.5 Å². The van der Waals surface area contributed by atoms with Gasteiger partial charge in [0.2, 0.25) is 5.76 Å². The SMILES string of the molecule is CCC.COC1=C=CC2=C(C=C1OC)CC(CC1CCN(CC3=CCCC=C3C)CC1)C2=O. The largest absolute Gasteiger partial charge is 0.492 e. The van der Waals surface area contributed by atoms with Crippen LogP contribution in [0.4, 0.5) is 0 Å². The van der Waals surface area contributed by atoms with Crippen molar-refractivity contribution < 1.29 is 14.3 Å². The number of allylic oxidation sites excluding steroid dienone is 5. The van der Waals surface area contributed by atoms with Gasteiger partial charge in [-0.2, -0.15) is 0 Å². The van der Waals surface area contributed by atoms with Gasteiger partial charge in [-0.25, -0.2) is 0 Å². The number of likely N-dealkylation sites (tertiary alicyclic amines) is 1. The smallest absolute Gasteiger partial charge is 0.204 e. The number of carbonyl (C=O) groups excluding carboxylic acids is 1. The number of carbonyl (C=O) groups is 1. The lowest BCUT2D eigenvalue weighted by Crippen LogP contribution is -2.36. The minimum atomic E-state index is 0.0919. The van der Waals surface area contributed by atoms with E-state index >= 15 is 0 Å². The van der Waals surface area contributed by atoms with Gasteiger partial charge in [-0.3, -0.25) is 9.69 Å². The normalized spacial score (nSPS) is 23.5. The molecule has 0 aromatic rings. The Morgan fingerprint density at radius 1 is 1.09 bits per heavy atom. The molecule has 0 radical (unpaired) electrons. The number of piperidine rings is 1. The van der Waals surface area contributed by atoms with Crippen molar-refractivity contribution in [3.8, 4) is 0 Å². The average Bonchev–Trinajstić information content (AvgIpc) is 2.99. The summed E-state index contributed by atoms with van der Waals surface area (Å²) in [5.41, 5.74) is 7.89. The zero-order chi connectivity index (χ0) is 23.8. The van der Waals surface area contributed by atoms with E-state index in [2.05, 4.69) is 43.6 Å². The zero-order valence-electron chi connectivity index (χ0n) is 21.2. The molecule has 4 aliphatic rings. The summed E-state index contributed by atoms with van der Waals surface area (Å²) in [5, 5.41) is 0. The van der Waals surface area contributed by atoms with Gasteiger partial charge in [-0.05, 0) is 87.8 Å². The van der Waals surface area contributed by atoms with E-state index < -0.39 is 0 Å². The first-order valence-corrected chi connectivity index (χ1v) is 12.6. The molecule has 4 nitrogen and oxygen atoms in total. The fraction of sp³-hybridized carbons (Fsp3) is 0.586. The highest BCUT2D eigenvalue weighted by Crippen LogP contribution is 2.38. The summed E-state index contributed by atoms with van der Waals surface area (Å²) in [4.78, 5) is 15.6. The van der Waals surface area contributed by atoms with Crippen molar-refractivity contribution in [1.82, 2.24) is 4.90 Å². The molecule has 0 N–H and O–H groups in total. The molecule has 1 atom stereocenters. The van der Waals surface area contributed by atoms with Gasteiger partial charge in [0.1, 0.15) is 0 Å². The number of nitrogens with zero attached hydrogens (tertiary/aromatic N) is 1. The summed E-state index contributed by atoms with van der Waals surface area (Å²) in [6.45, 7) is 9.84. The molecule has 0 bridgehead atoms. The second-order valence-electron chi connectivity index (χ2n) is 9.60. The van der Waals surface area contributed by atoms with Crippen molar-refractivity contribution in [2.75, 3.05) is 33.9 Å². The van der Waals surface area contributed by atoms with Crippen LogP contribution in [0, 0.1) is 11.8 Å². The van der Waals surface area contributed by atoms with Crippen molar-refractivity contribution in [1.29, 1.82) is 0 Å². The Morgan fingerprint density at radius 2 is 1.79 bits per heavy atom. The number of rotatable bonds is 6. The highest BCUT2D eigenvalue weighted by Gasteiger charge is 2.34. The Balaban J connectivity index is 0.000000968. The Hall–Kier alpha value is -2.29. The standard InChI is InChI=1S/C26H33NO3.C3H8/c1-18-6-4-5-7-20(18)17-27-12-10-19(11-13-27)14-22-15-21-16-25(30-3)24(29-2)9-8-23(21)26(22)28;1-3-2/h6-8,16,19,22H,4-5,10-15,17H2,1-3H3;3H2,1-2H3. The third-order valence-electron chi connectivity index (χ3n) is 6.98. The summed E-state index contributed by atoms with van der Waals surface area (Å²) in [5.74, 6) is 2.17. The summed E-state index contributed by atoms with van der Waals surface area (Å²) < 4.78 is 10.8. The molecule has 0 aromatic carbocycles. The first kappa shape index (κ1) is 25.3. The predicted octanol–water partition coefficient (Wildman–Crippen LogP) is 6.29. The van der Waals surface area contributed by atoms with Gasteiger partial charge < -0.3 is 9.47 Å². The second kappa shape index (κ2) is 12.3. The van der Waals surface area contributed by atoms with E-state index in [4.69, 9.17) is 9.47 Å². The Labute approximate surface area is 200 Å². The number of hydrogen-bond donors (Lipinski definition) is 0. The third-order valence-corrected chi connectivity index (χ3v) is 6.98. The Morgan fingerprint density at radius 3 is 2.42 bits per heavy atom. The van der Waals surface area contributed by atoms with Crippen LogP contribution in [0.5, 0.6) is 0 Å². The molecule has 1 aliphatic heterocycles. The maximum atomic E-state index is 13.0. The van der Waals surface area contributed by atoms with E-state index in [0.29, 0.717) is 17.4 Å². The van der Waals surface area contributed by atoms with Gasteiger partial charge in [0.25, 0.3) is 0 Å². The summed E-state index contributed by atoms with van der Waals surface area (Å²) in [7, 11) is 3.22. The van der Waals surface area contributed by atoms with Crippen molar-refractivity contribution in [3.05, 3.63) is 63.8 Å². The fourth-order valence-electron chi connectivity index (χ4n) is 5.14. The van der Waals surface area contributed by atoms with Crippen LogP contribution < -0.4 is 0 Å². The molecule has 3 aliphatic carbocycles. The van der Waals surface area contributed by atoms with Crippen molar-refractivity contribution in [2.24, 2.45) is 11.8 Å². The maximum absolute atomic E-state index is 13.0. The van der Waals surface area contributed by atoms with Gasteiger partial charge in [-0.15, -0.1) is 0 Å². The number of methoxy groups -OCH3 is 2. The lowest BCUT2D eigenvalue weighted by Gasteiger charge is -2.34. The van der Waals surface area contributed by atoms with E-state index in [1.807, 2.05) is 6.08 Å². The second-order valence-corrected chi connectivity index (χ2v) is 9.60. The molecular formula is C29H41NO3. The Kier molecular flexibility index (Phi) is 9.41. The van der Waals surface area contributed by atoms with Crippen LogP contribution in [-0.2, 0) is 14.3 Å². The molecule has 0 saturated carbocycles. The summed E-state index contributed by atoms with van der Waals surface area (Å²) >= 11 is 0. The molecule has 0 amide bonds. The molecule has 0 aromatic heterocycles. The van der Waals surface area contributed by atoms with E-state index in [0.717, 1.165) is 43.6 Å². The number of ketones is 1. The molecule has 33 heavy (non-hydrogen) atoms. The zero-order valence-corrected chi connectivity index (χ0v) is 21.2. The monoisotopic (exact) mass is 451 g/mol. The van der Waals surface area contributed by atoms with E-state index in [1.165, 1.54) is 43.3 Å². The summed E-state index contributed by atoms with van der Waals surface area (Å²) in [6.07, 6.45) is 16.3. The van der Waals surface area contributed by atoms with Crippen LogP contribution >= 0.6 is 0 Å². The number of Topliss-reactive ketones (excluding diaryl/α,β-unsaturated/α-hetero) is 1. The quantitative estimate of drug-likeness (QED) is 0.445. The highest BCUT2D eigenvalue weighted by atomic mass is 16.5. The van der Waals surface area contributed by atoms with Crippen molar-refractivity contribution in [3.63, 3.8) is 0 Å². The van der Waals surface area contributed by atoms with Gasteiger partial charge in [0, 0.05) is 18.0 Å². The van der Waals surface area contributed by atoms with E-state index in [1.54, 1.807) is 20.3 Å². The Bertz CT molecular complexity index is 903. The number of ether oxygens (including phenoxy) is 2. The molecular weight excluding hydrogens is 410 g/mol. The minimum absolute atomic E-state index is 0.0919. The molecule has 1 saturated heterocycles. The van der Waals surface area contributed by atoms with Gasteiger partial charge in [-0.1, -0.05) is 43.7 Å². The lowest BCUT2D eigenvalue weighted by molar-refractivity contribution is -0.118. The highest BCUT2D eigenvalue weighted by molar-refractivity contribution is 6.03. The maximum Gasteiger partial charge on any atom is 0.204 e. The van der Waals surface area contributed by atoms with Crippen molar-refractivity contribution in [2.45, 2.75) is 65.7 Å². The molecule has 4 heteroatoms. The predicted molar refractivity (Wildman–Crippen MR) is 135 cm³/mol. The molecule has 1 unspecified atom stereocenters. The summed E-state index contributed by atoms with van der Waals surface area (Å²) in [6, 6.07) is 0. The lowest BCUT2D eigenvalue weighted by atomic mass is 9.84. The molecule has 0 spiro atoms. The van der Waals surface area contributed by atoms with Crippen LogP contribution in [0.2, 0.25) is 0 Å². The molecule has 1 heterocycles.